The fraction of sp³-hybridized carbons (Fsp3) is 1.00. The summed E-state index contributed by atoms with van der Waals surface area (Å²) in [6.45, 7) is 12.3. The topological polar surface area (TPSA) is 6.48 Å². The molecule has 2 aliphatic rings. The molecule has 0 amide bonds. The van der Waals surface area contributed by atoms with Crippen LogP contribution in [-0.4, -0.2) is 49.1 Å². The van der Waals surface area contributed by atoms with Gasteiger partial charge in [-0.05, 0) is 37.8 Å². The zero-order valence-electron chi connectivity index (χ0n) is 11.1. The number of nitrogens with zero attached hydrogens (tertiary/aromatic N) is 2. The summed E-state index contributed by atoms with van der Waals surface area (Å²) in [5, 5.41) is 0. The van der Waals surface area contributed by atoms with Gasteiger partial charge < -0.3 is 9.80 Å². The highest BCUT2D eigenvalue weighted by atomic mass is 15.2. The first-order valence-electron chi connectivity index (χ1n) is 7.28. The van der Waals surface area contributed by atoms with Crippen molar-refractivity contribution >= 4 is 0 Å². The van der Waals surface area contributed by atoms with E-state index in [2.05, 4.69) is 23.6 Å². The summed E-state index contributed by atoms with van der Waals surface area (Å²) in [7, 11) is 0. The number of rotatable bonds is 5. The minimum absolute atomic E-state index is 1.05. The molecule has 0 unspecified atom stereocenters. The SMILES string of the molecule is CCN(CC)CCN1C[C@H]2CCCC[C@@H]2C1. The van der Waals surface area contributed by atoms with Crippen LogP contribution in [0.15, 0.2) is 0 Å². The molecule has 1 saturated carbocycles. The quantitative estimate of drug-likeness (QED) is 0.708. The highest BCUT2D eigenvalue weighted by Gasteiger charge is 2.33. The van der Waals surface area contributed by atoms with Gasteiger partial charge >= 0.3 is 0 Å². The van der Waals surface area contributed by atoms with Gasteiger partial charge in [0.2, 0.25) is 0 Å². The van der Waals surface area contributed by atoms with Gasteiger partial charge in [0.15, 0.2) is 0 Å². The Kier molecular flexibility index (Phi) is 4.66. The summed E-state index contributed by atoms with van der Waals surface area (Å²) in [5.41, 5.74) is 0. The smallest absolute Gasteiger partial charge is 0.0110 e. The van der Waals surface area contributed by atoms with E-state index in [1.165, 1.54) is 65.0 Å². The standard InChI is InChI=1S/C14H28N2/c1-3-15(4-2)9-10-16-11-13-7-5-6-8-14(13)12-16/h13-14H,3-12H2,1-2H3/t13-,14-/m1/s1. The van der Waals surface area contributed by atoms with Crippen molar-refractivity contribution in [3.05, 3.63) is 0 Å². The minimum Gasteiger partial charge on any atom is -0.303 e. The van der Waals surface area contributed by atoms with Crippen LogP contribution in [0.3, 0.4) is 0 Å². The molecule has 2 rings (SSSR count). The Morgan fingerprint density at radius 1 is 1.00 bits per heavy atom. The lowest BCUT2D eigenvalue weighted by atomic mass is 9.82. The van der Waals surface area contributed by atoms with Crippen LogP contribution in [0.4, 0.5) is 0 Å². The molecule has 0 aromatic heterocycles. The van der Waals surface area contributed by atoms with E-state index in [0.29, 0.717) is 0 Å². The van der Waals surface area contributed by atoms with Crippen LogP contribution in [0.25, 0.3) is 0 Å². The summed E-state index contributed by atoms with van der Waals surface area (Å²) in [6, 6.07) is 0. The first-order valence-corrected chi connectivity index (χ1v) is 7.28. The van der Waals surface area contributed by atoms with E-state index in [0.717, 1.165) is 11.8 Å². The van der Waals surface area contributed by atoms with Gasteiger partial charge in [-0.25, -0.2) is 0 Å². The maximum atomic E-state index is 2.72. The zero-order valence-corrected chi connectivity index (χ0v) is 11.1. The van der Waals surface area contributed by atoms with Gasteiger partial charge in [-0.15, -0.1) is 0 Å². The minimum atomic E-state index is 1.05. The molecule has 2 fully saturated rings. The molecule has 0 N–H and O–H groups in total. The molecule has 1 aliphatic carbocycles. The number of hydrogen-bond donors (Lipinski definition) is 0. The van der Waals surface area contributed by atoms with Crippen molar-refractivity contribution in [2.75, 3.05) is 39.3 Å². The van der Waals surface area contributed by atoms with Crippen molar-refractivity contribution in [1.82, 2.24) is 9.80 Å². The Morgan fingerprint density at radius 3 is 2.06 bits per heavy atom. The molecule has 0 aromatic rings. The van der Waals surface area contributed by atoms with Gasteiger partial charge in [-0.1, -0.05) is 26.7 Å². The number of hydrogen-bond acceptors (Lipinski definition) is 2. The van der Waals surface area contributed by atoms with E-state index in [1.807, 2.05) is 0 Å². The molecule has 0 aromatic carbocycles. The Bertz CT molecular complexity index is 187. The van der Waals surface area contributed by atoms with Crippen molar-refractivity contribution in [1.29, 1.82) is 0 Å². The van der Waals surface area contributed by atoms with E-state index >= 15 is 0 Å². The summed E-state index contributed by atoms with van der Waals surface area (Å²) < 4.78 is 0. The average molecular weight is 224 g/mol. The second-order valence-electron chi connectivity index (χ2n) is 5.59. The maximum Gasteiger partial charge on any atom is 0.0110 e. The second kappa shape index (κ2) is 6.02. The molecule has 0 spiro atoms. The Hall–Kier alpha value is -0.0800. The third-order valence-corrected chi connectivity index (χ3v) is 4.68. The molecular weight excluding hydrogens is 196 g/mol. The third-order valence-electron chi connectivity index (χ3n) is 4.68. The van der Waals surface area contributed by atoms with Crippen LogP contribution in [0.2, 0.25) is 0 Å². The molecule has 0 radical (unpaired) electrons. The molecule has 1 saturated heterocycles. The van der Waals surface area contributed by atoms with Crippen molar-refractivity contribution in [3.63, 3.8) is 0 Å². The van der Waals surface area contributed by atoms with Crippen LogP contribution in [0.5, 0.6) is 0 Å². The van der Waals surface area contributed by atoms with Gasteiger partial charge in [0.25, 0.3) is 0 Å². The molecule has 2 nitrogen and oxygen atoms in total. The monoisotopic (exact) mass is 224 g/mol. The van der Waals surface area contributed by atoms with E-state index < -0.39 is 0 Å². The maximum absolute atomic E-state index is 2.72. The molecule has 16 heavy (non-hydrogen) atoms. The Labute approximate surface area is 101 Å². The van der Waals surface area contributed by atoms with Gasteiger partial charge in [0, 0.05) is 26.2 Å². The number of fused-ring (bicyclic) bond motifs is 1. The highest BCUT2D eigenvalue weighted by molar-refractivity contribution is 4.86. The summed E-state index contributed by atoms with van der Waals surface area (Å²) in [4.78, 5) is 5.26. The van der Waals surface area contributed by atoms with Crippen LogP contribution < -0.4 is 0 Å². The van der Waals surface area contributed by atoms with E-state index in [1.54, 1.807) is 0 Å². The predicted molar refractivity (Wildman–Crippen MR) is 69.7 cm³/mol. The zero-order chi connectivity index (χ0) is 11.4. The molecule has 1 aliphatic heterocycles. The Morgan fingerprint density at radius 2 is 1.56 bits per heavy atom. The van der Waals surface area contributed by atoms with Gasteiger partial charge in [0.05, 0.1) is 0 Å². The van der Waals surface area contributed by atoms with Crippen molar-refractivity contribution in [3.8, 4) is 0 Å². The molecule has 94 valence electrons. The second-order valence-corrected chi connectivity index (χ2v) is 5.59. The van der Waals surface area contributed by atoms with Gasteiger partial charge in [0.1, 0.15) is 0 Å². The average Bonchev–Trinajstić information content (AvgIpc) is 2.73. The van der Waals surface area contributed by atoms with E-state index in [9.17, 15) is 0 Å². The lowest BCUT2D eigenvalue weighted by Gasteiger charge is -2.23. The largest absolute Gasteiger partial charge is 0.303 e. The van der Waals surface area contributed by atoms with E-state index in [4.69, 9.17) is 0 Å². The molecular formula is C14H28N2. The first kappa shape index (κ1) is 12.4. The van der Waals surface area contributed by atoms with E-state index in [-0.39, 0.29) is 0 Å². The summed E-state index contributed by atoms with van der Waals surface area (Å²) >= 11 is 0. The fourth-order valence-electron chi connectivity index (χ4n) is 3.51. The van der Waals surface area contributed by atoms with Gasteiger partial charge in [-0.2, -0.15) is 0 Å². The normalized spacial score (nSPS) is 30.9. The van der Waals surface area contributed by atoms with Crippen molar-refractivity contribution in [2.24, 2.45) is 11.8 Å². The predicted octanol–water partition coefficient (Wildman–Crippen LogP) is 2.45. The lowest BCUT2D eigenvalue weighted by molar-refractivity contribution is 0.235. The Balaban J connectivity index is 1.71. The fourth-order valence-corrected chi connectivity index (χ4v) is 3.51. The van der Waals surface area contributed by atoms with Crippen LogP contribution in [-0.2, 0) is 0 Å². The molecule has 1 heterocycles. The molecule has 0 bridgehead atoms. The molecule has 2 atom stereocenters. The summed E-state index contributed by atoms with van der Waals surface area (Å²) in [6.07, 6.45) is 6.00. The summed E-state index contributed by atoms with van der Waals surface area (Å²) in [5.74, 6) is 2.09. The van der Waals surface area contributed by atoms with Crippen molar-refractivity contribution in [2.45, 2.75) is 39.5 Å². The highest BCUT2D eigenvalue weighted by Crippen LogP contribution is 2.35. The lowest BCUT2D eigenvalue weighted by Crippen LogP contribution is -2.34. The van der Waals surface area contributed by atoms with Crippen LogP contribution in [0.1, 0.15) is 39.5 Å². The van der Waals surface area contributed by atoms with Gasteiger partial charge in [-0.3, -0.25) is 0 Å². The number of likely N-dealkylation sites (N-methyl/N-ethyl adjacent to an activating group) is 1. The van der Waals surface area contributed by atoms with Crippen LogP contribution in [0, 0.1) is 11.8 Å². The number of likely N-dealkylation sites (tertiary alicyclic amines) is 1. The molecule has 2 heteroatoms. The van der Waals surface area contributed by atoms with Crippen LogP contribution >= 0.6 is 0 Å². The first-order chi connectivity index (χ1) is 7.83. The van der Waals surface area contributed by atoms with Crippen molar-refractivity contribution < 1.29 is 0 Å². The third kappa shape index (κ3) is 2.98.